The first-order valence-corrected chi connectivity index (χ1v) is 5.94. The van der Waals surface area contributed by atoms with Crippen LogP contribution in [0.3, 0.4) is 0 Å². The molecule has 0 saturated carbocycles. The molecule has 0 heterocycles. The van der Waals surface area contributed by atoms with E-state index in [-0.39, 0.29) is 11.2 Å². The molecule has 1 nitrogen and oxygen atoms in total. The van der Waals surface area contributed by atoms with E-state index >= 15 is 0 Å². The Morgan fingerprint density at radius 2 is 1.65 bits per heavy atom. The van der Waals surface area contributed by atoms with Gasteiger partial charge >= 0.3 is 0 Å². The minimum atomic E-state index is -0.00889. The van der Waals surface area contributed by atoms with E-state index in [0.29, 0.717) is 0 Å². The molecular weight excluding hydrogens is 208 g/mol. The van der Waals surface area contributed by atoms with Crippen molar-refractivity contribution in [3.8, 4) is 0 Å². The van der Waals surface area contributed by atoms with Gasteiger partial charge in [-0.15, -0.1) is 0 Å². The van der Waals surface area contributed by atoms with Gasteiger partial charge in [-0.3, -0.25) is 4.79 Å². The van der Waals surface area contributed by atoms with E-state index in [1.54, 1.807) is 6.92 Å². The molecule has 0 amide bonds. The lowest BCUT2D eigenvalue weighted by Crippen LogP contribution is -2.16. The summed E-state index contributed by atoms with van der Waals surface area (Å²) in [4.78, 5) is 11.9. The standard InChI is InChI=1S/C16H18O/c1-11(17)15-13-8-6-5-7-12(13)9-10-14(15)16(2,3)4/h5-10H,1-4H3. The summed E-state index contributed by atoms with van der Waals surface area (Å²) in [6, 6.07) is 12.3. The zero-order valence-corrected chi connectivity index (χ0v) is 10.9. The molecule has 0 atom stereocenters. The topological polar surface area (TPSA) is 17.1 Å². The number of ketones is 1. The molecule has 0 aliphatic heterocycles. The van der Waals surface area contributed by atoms with Gasteiger partial charge in [0.05, 0.1) is 0 Å². The van der Waals surface area contributed by atoms with Gasteiger partial charge in [0.1, 0.15) is 0 Å². The van der Waals surface area contributed by atoms with E-state index in [1.807, 2.05) is 24.3 Å². The molecule has 88 valence electrons. The quantitative estimate of drug-likeness (QED) is 0.661. The van der Waals surface area contributed by atoms with Crippen molar-refractivity contribution < 1.29 is 4.79 Å². The summed E-state index contributed by atoms with van der Waals surface area (Å²) >= 11 is 0. The van der Waals surface area contributed by atoms with Gasteiger partial charge in [0.25, 0.3) is 0 Å². The molecule has 1 heteroatoms. The fourth-order valence-corrected chi connectivity index (χ4v) is 2.28. The Labute approximate surface area is 102 Å². The summed E-state index contributed by atoms with van der Waals surface area (Å²) in [7, 11) is 0. The number of Topliss-reactive ketones (excluding diaryl/α,β-unsaturated/α-hetero) is 1. The Balaban J connectivity index is 2.87. The van der Waals surface area contributed by atoms with E-state index < -0.39 is 0 Å². The predicted octanol–water partition coefficient (Wildman–Crippen LogP) is 4.34. The summed E-state index contributed by atoms with van der Waals surface area (Å²) in [5.41, 5.74) is 1.99. The van der Waals surface area contributed by atoms with E-state index in [9.17, 15) is 4.79 Å². The number of benzene rings is 2. The molecule has 2 aromatic carbocycles. The summed E-state index contributed by atoms with van der Waals surface area (Å²) in [6.45, 7) is 8.08. The lowest BCUT2D eigenvalue weighted by molar-refractivity contribution is 0.101. The third-order valence-corrected chi connectivity index (χ3v) is 3.09. The number of fused-ring (bicyclic) bond motifs is 1. The van der Waals surface area contributed by atoms with Crippen molar-refractivity contribution in [3.63, 3.8) is 0 Å². The van der Waals surface area contributed by atoms with Crippen molar-refractivity contribution in [1.29, 1.82) is 0 Å². The van der Waals surface area contributed by atoms with Crippen LogP contribution < -0.4 is 0 Å². The van der Waals surface area contributed by atoms with Crippen LogP contribution in [0, 0.1) is 0 Å². The van der Waals surface area contributed by atoms with Crippen molar-refractivity contribution in [2.45, 2.75) is 33.1 Å². The van der Waals surface area contributed by atoms with Gasteiger partial charge in [0, 0.05) is 5.56 Å². The molecule has 17 heavy (non-hydrogen) atoms. The normalized spacial score (nSPS) is 11.8. The average molecular weight is 226 g/mol. The summed E-state index contributed by atoms with van der Waals surface area (Å²) in [5, 5.41) is 2.19. The molecule has 0 N–H and O–H groups in total. The van der Waals surface area contributed by atoms with Gasteiger partial charge < -0.3 is 0 Å². The van der Waals surface area contributed by atoms with Crippen molar-refractivity contribution in [2.75, 3.05) is 0 Å². The van der Waals surface area contributed by atoms with Crippen LogP contribution >= 0.6 is 0 Å². The third-order valence-electron chi connectivity index (χ3n) is 3.09. The Kier molecular flexibility index (Phi) is 2.78. The van der Waals surface area contributed by atoms with Crippen LogP contribution in [0.25, 0.3) is 10.8 Å². The highest BCUT2D eigenvalue weighted by atomic mass is 16.1. The maximum Gasteiger partial charge on any atom is 0.160 e. The first kappa shape index (κ1) is 11.8. The number of hydrogen-bond donors (Lipinski definition) is 0. The minimum Gasteiger partial charge on any atom is -0.294 e. The number of carbonyl (C=O) groups excluding carboxylic acids is 1. The molecule has 0 radical (unpaired) electrons. The second-order valence-corrected chi connectivity index (χ2v) is 5.52. The number of rotatable bonds is 1. The fraction of sp³-hybridized carbons (Fsp3) is 0.312. The number of hydrogen-bond acceptors (Lipinski definition) is 1. The monoisotopic (exact) mass is 226 g/mol. The highest BCUT2D eigenvalue weighted by Crippen LogP contribution is 2.31. The molecule has 2 rings (SSSR count). The molecule has 0 unspecified atom stereocenters. The summed E-state index contributed by atoms with van der Waals surface area (Å²) in [6.07, 6.45) is 0. The molecule has 2 aromatic rings. The highest BCUT2D eigenvalue weighted by molar-refractivity contribution is 6.08. The second-order valence-electron chi connectivity index (χ2n) is 5.52. The van der Waals surface area contributed by atoms with Gasteiger partial charge in [-0.1, -0.05) is 57.2 Å². The summed E-state index contributed by atoms with van der Waals surface area (Å²) in [5.74, 6) is 0.145. The van der Waals surface area contributed by atoms with Crippen LogP contribution in [0.5, 0.6) is 0 Å². The fourth-order valence-electron chi connectivity index (χ4n) is 2.28. The lowest BCUT2D eigenvalue weighted by Gasteiger charge is -2.23. The minimum absolute atomic E-state index is 0.00889. The first-order valence-electron chi connectivity index (χ1n) is 5.94. The molecular formula is C16H18O. The zero-order valence-electron chi connectivity index (χ0n) is 10.9. The third kappa shape index (κ3) is 2.10. The van der Waals surface area contributed by atoms with Crippen molar-refractivity contribution in [3.05, 3.63) is 47.5 Å². The van der Waals surface area contributed by atoms with Crippen LogP contribution in [0.1, 0.15) is 43.6 Å². The number of carbonyl (C=O) groups is 1. The predicted molar refractivity (Wildman–Crippen MR) is 72.7 cm³/mol. The van der Waals surface area contributed by atoms with Gasteiger partial charge in [0.2, 0.25) is 0 Å². The molecule has 0 aromatic heterocycles. The zero-order chi connectivity index (χ0) is 12.6. The average Bonchev–Trinajstić information content (AvgIpc) is 2.26. The Morgan fingerprint density at radius 3 is 2.24 bits per heavy atom. The van der Waals surface area contributed by atoms with Crippen LogP contribution in [0.2, 0.25) is 0 Å². The van der Waals surface area contributed by atoms with Gasteiger partial charge in [0.15, 0.2) is 5.78 Å². The Morgan fingerprint density at radius 1 is 1.00 bits per heavy atom. The van der Waals surface area contributed by atoms with Crippen LogP contribution in [-0.4, -0.2) is 5.78 Å². The van der Waals surface area contributed by atoms with Crippen LogP contribution in [-0.2, 0) is 5.41 Å². The molecule has 0 saturated heterocycles. The molecule has 0 spiro atoms. The lowest BCUT2D eigenvalue weighted by atomic mass is 9.81. The smallest absolute Gasteiger partial charge is 0.160 e. The van der Waals surface area contributed by atoms with E-state index in [0.717, 1.165) is 21.9 Å². The van der Waals surface area contributed by atoms with Crippen LogP contribution in [0.4, 0.5) is 0 Å². The van der Waals surface area contributed by atoms with E-state index in [4.69, 9.17) is 0 Å². The summed E-state index contributed by atoms with van der Waals surface area (Å²) < 4.78 is 0. The molecule has 0 bridgehead atoms. The molecule has 0 fully saturated rings. The van der Waals surface area contributed by atoms with Crippen molar-refractivity contribution in [1.82, 2.24) is 0 Å². The van der Waals surface area contributed by atoms with Gasteiger partial charge in [-0.2, -0.15) is 0 Å². The van der Waals surface area contributed by atoms with Crippen LogP contribution in [0.15, 0.2) is 36.4 Å². The van der Waals surface area contributed by atoms with Crippen molar-refractivity contribution in [2.24, 2.45) is 0 Å². The maximum atomic E-state index is 11.9. The molecule has 0 aliphatic rings. The maximum absolute atomic E-state index is 11.9. The van der Waals surface area contributed by atoms with E-state index in [1.165, 1.54) is 0 Å². The first-order chi connectivity index (χ1) is 7.91. The highest BCUT2D eigenvalue weighted by Gasteiger charge is 2.21. The molecule has 0 aliphatic carbocycles. The van der Waals surface area contributed by atoms with E-state index in [2.05, 4.69) is 32.9 Å². The Hall–Kier alpha value is -1.63. The van der Waals surface area contributed by atoms with Gasteiger partial charge in [-0.25, -0.2) is 0 Å². The Bertz CT molecular complexity index is 574. The second kappa shape index (κ2) is 3.99. The largest absolute Gasteiger partial charge is 0.294 e. The van der Waals surface area contributed by atoms with Gasteiger partial charge in [-0.05, 0) is 28.7 Å². The SMILES string of the molecule is CC(=O)c1c(C(C)(C)C)ccc2ccccc12. The van der Waals surface area contributed by atoms with Crippen molar-refractivity contribution >= 4 is 16.6 Å².